The van der Waals surface area contributed by atoms with Crippen LogP contribution in [-0.4, -0.2) is 97.5 Å². The number of carbonyl (C=O) groups is 7. The van der Waals surface area contributed by atoms with Crippen molar-refractivity contribution in [3.8, 4) is 0 Å². The van der Waals surface area contributed by atoms with Crippen molar-refractivity contribution in [2.45, 2.75) is 183 Å². The van der Waals surface area contributed by atoms with Gasteiger partial charge in [-0.3, -0.25) is 24.0 Å². The van der Waals surface area contributed by atoms with Crippen LogP contribution in [-0.2, 0) is 43.3 Å². The summed E-state index contributed by atoms with van der Waals surface area (Å²) in [4.78, 5) is 86.7. The molecule has 18 heteroatoms. The van der Waals surface area contributed by atoms with E-state index < -0.39 is 93.1 Å². The first kappa shape index (κ1) is 59.0. The summed E-state index contributed by atoms with van der Waals surface area (Å²) in [5.74, 6) is -2.14. The van der Waals surface area contributed by atoms with E-state index in [1.165, 1.54) is 39.0 Å². The van der Waals surface area contributed by atoms with Crippen molar-refractivity contribution in [2.75, 3.05) is 0 Å². The van der Waals surface area contributed by atoms with Crippen LogP contribution in [0.2, 0.25) is 0 Å². The highest BCUT2D eigenvalue weighted by molar-refractivity contribution is 7.94. The molecule has 1 aromatic rings. The van der Waals surface area contributed by atoms with Gasteiger partial charge < -0.3 is 41.4 Å². The molecule has 1 rings (SSSR count). The van der Waals surface area contributed by atoms with E-state index in [1.807, 2.05) is 27.7 Å². The number of sulfone groups is 1. The number of carbonyl (C=O) groups excluding carboxylic acids is 7. The van der Waals surface area contributed by atoms with Gasteiger partial charge in [0.05, 0.1) is 10.9 Å². The molecule has 0 unspecified atom stereocenters. The predicted molar refractivity (Wildman–Crippen MR) is 247 cm³/mol. The Hall–Kier alpha value is -5.00. The van der Waals surface area contributed by atoms with Crippen molar-refractivity contribution >= 4 is 51.4 Å². The highest BCUT2D eigenvalue weighted by Crippen LogP contribution is 2.15. The SMILES string of the molecule is CC(=O)[C@H](CC(C)C)NC(=O)[C@H](C)NC(=O)[C@@H](NC(=O)OC(C)(C)C)C(C)C.CC(C)C[C@@H](/C=C/S(=O)(=O)c1ccccc1)NC(=O)[C@H](C)NC(=O)[C@@H](NC(=O)OC(C)(C)C)C(C)C. The number of ketones is 1. The van der Waals surface area contributed by atoms with E-state index in [9.17, 15) is 42.0 Å². The van der Waals surface area contributed by atoms with Crippen molar-refractivity contribution in [1.29, 1.82) is 0 Å². The van der Waals surface area contributed by atoms with E-state index in [4.69, 9.17) is 9.47 Å². The van der Waals surface area contributed by atoms with Crippen LogP contribution in [0.25, 0.3) is 0 Å². The fourth-order valence-electron chi connectivity index (χ4n) is 5.66. The van der Waals surface area contributed by atoms with E-state index in [-0.39, 0.29) is 34.4 Å². The molecule has 0 spiro atoms. The van der Waals surface area contributed by atoms with Crippen LogP contribution in [0, 0.1) is 23.7 Å². The zero-order valence-corrected chi connectivity index (χ0v) is 41.9. The number of amides is 6. The summed E-state index contributed by atoms with van der Waals surface area (Å²) in [6.45, 7) is 29.8. The molecule has 0 aliphatic rings. The fourth-order valence-corrected chi connectivity index (χ4v) is 6.75. The summed E-state index contributed by atoms with van der Waals surface area (Å²) < 4.78 is 35.6. The lowest BCUT2D eigenvalue weighted by Crippen LogP contribution is -2.56. The molecule has 0 aromatic heterocycles. The summed E-state index contributed by atoms with van der Waals surface area (Å²) >= 11 is 0. The standard InChI is InChI=1S/C26H41N3O6S.C20H37N3O5/c1-17(2)16-20(14-15-36(33,34)21-12-10-9-11-13-21)28-23(30)19(5)27-24(31)22(18(3)4)29-25(32)35-26(6,7)8;1-11(2)10-15(14(6)24)22-17(25)13(5)21-18(26)16(12(3)4)23-19(27)28-20(7,8)9/h9-15,17-20,22H,16H2,1-8H3,(H,27,31)(H,28,30)(H,29,32);11-13,15-16H,10H2,1-9H3,(H,21,26)(H,22,25)(H,23,27)/b15-14+;/t19-,20+,22-;13-,15-,16-/m00/s1. The third-order valence-electron chi connectivity index (χ3n) is 8.88. The third kappa shape index (κ3) is 24.7. The minimum absolute atomic E-state index is 0.132. The molecule has 1 aromatic carbocycles. The van der Waals surface area contributed by atoms with Gasteiger partial charge in [-0.05, 0) is 111 Å². The van der Waals surface area contributed by atoms with Gasteiger partial charge in [0.25, 0.3) is 0 Å². The maximum absolute atomic E-state index is 12.8. The van der Waals surface area contributed by atoms with Gasteiger partial charge in [-0.25, -0.2) is 18.0 Å². The Morgan fingerprint density at radius 2 is 0.953 bits per heavy atom. The van der Waals surface area contributed by atoms with Crippen LogP contribution >= 0.6 is 0 Å². The summed E-state index contributed by atoms with van der Waals surface area (Å²) in [6.07, 6.45) is 1.05. The number of nitrogens with one attached hydrogen (secondary N) is 6. The molecule has 64 heavy (non-hydrogen) atoms. The number of ether oxygens (including phenoxy) is 2. The normalized spacial score (nSPS) is 14.8. The van der Waals surface area contributed by atoms with Gasteiger partial charge in [0.2, 0.25) is 23.6 Å². The third-order valence-corrected chi connectivity index (χ3v) is 10.3. The topological polar surface area (TPSA) is 244 Å². The van der Waals surface area contributed by atoms with E-state index in [0.717, 1.165) is 5.41 Å². The molecule has 6 amide bonds. The van der Waals surface area contributed by atoms with E-state index in [2.05, 4.69) is 31.9 Å². The van der Waals surface area contributed by atoms with E-state index in [1.54, 1.807) is 87.4 Å². The Morgan fingerprint density at radius 1 is 0.562 bits per heavy atom. The average molecular weight is 923 g/mol. The molecule has 0 aliphatic heterocycles. The van der Waals surface area contributed by atoms with Crippen LogP contribution in [0.15, 0.2) is 46.7 Å². The van der Waals surface area contributed by atoms with Crippen molar-refractivity contribution in [1.82, 2.24) is 31.9 Å². The first-order valence-electron chi connectivity index (χ1n) is 21.8. The summed E-state index contributed by atoms with van der Waals surface area (Å²) in [7, 11) is -3.67. The minimum Gasteiger partial charge on any atom is -0.444 e. The number of hydrogen-bond donors (Lipinski definition) is 6. The lowest BCUT2D eigenvalue weighted by Gasteiger charge is -2.26. The average Bonchev–Trinajstić information content (AvgIpc) is 3.13. The maximum Gasteiger partial charge on any atom is 0.408 e. The van der Waals surface area contributed by atoms with Gasteiger partial charge in [-0.2, -0.15) is 0 Å². The van der Waals surface area contributed by atoms with Gasteiger partial charge in [-0.15, -0.1) is 0 Å². The molecule has 0 saturated carbocycles. The summed E-state index contributed by atoms with van der Waals surface area (Å²) in [5, 5.41) is 16.9. The summed E-state index contributed by atoms with van der Waals surface area (Å²) in [6, 6.07) is 3.32. The van der Waals surface area contributed by atoms with Gasteiger partial charge in [0.15, 0.2) is 15.6 Å². The van der Waals surface area contributed by atoms with Crippen LogP contribution in [0.5, 0.6) is 0 Å². The Balaban J connectivity index is 0.00000128. The Labute approximate surface area is 382 Å². The van der Waals surface area contributed by atoms with Gasteiger partial charge >= 0.3 is 12.2 Å². The Morgan fingerprint density at radius 3 is 1.30 bits per heavy atom. The van der Waals surface area contributed by atoms with Crippen LogP contribution in [0.4, 0.5) is 9.59 Å². The van der Waals surface area contributed by atoms with Gasteiger partial charge in [-0.1, -0.05) is 79.7 Å². The Bertz CT molecular complexity index is 1840. The molecule has 17 nitrogen and oxygen atoms in total. The monoisotopic (exact) mass is 923 g/mol. The lowest BCUT2D eigenvalue weighted by molar-refractivity contribution is -0.132. The predicted octanol–water partition coefficient (Wildman–Crippen LogP) is 5.72. The zero-order valence-electron chi connectivity index (χ0n) is 41.1. The first-order chi connectivity index (χ1) is 29.1. The number of rotatable bonds is 20. The van der Waals surface area contributed by atoms with Crippen molar-refractivity contribution in [2.24, 2.45) is 23.7 Å². The second kappa shape index (κ2) is 26.7. The van der Waals surface area contributed by atoms with Crippen molar-refractivity contribution < 1.29 is 51.5 Å². The molecule has 0 radical (unpaired) electrons. The lowest BCUT2D eigenvalue weighted by atomic mass is 10.0. The molecular formula is C46H78N6O11S. The fraction of sp³-hybridized carbons (Fsp3) is 0.674. The summed E-state index contributed by atoms with van der Waals surface area (Å²) in [5.41, 5.74) is -1.41. The molecular weight excluding hydrogens is 845 g/mol. The van der Waals surface area contributed by atoms with E-state index >= 15 is 0 Å². The second-order valence-electron chi connectivity index (χ2n) is 19.4. The molecule has 364 valence electrons. The number of Topliss-reactive ketones (excluding diaryl/α,β-unsaturated/α-hetero) is 1. The molecule has 0 heterocycles. The molecule has 0 saturated heterocycles. The largest absolute Gasteiger partial charge is 0.444 e. The molecule has 6 N–H and O–H groups in total. The van der Waals surface area contributed by atoms with Crippen LogP contribution in [0.1, 0.15) is 131 Å². The van der Waals surface area contributed by atoms with Gasteiger partial charge in [0.1, 0.15) is 35.4 Å². The maximum atomic E-state index is 12.8. The van der Waals surface area contributed by atoms with Crippen molar-refractivity contribution in [3.63, 3.8) is 0 Å². The quantitative estimate of drug-likeness (QED) is 0.0924. The second-order valence-corrected chi connectivity index (χ2v) is 21.3. The number of benzene rings is 1. The molecule has 0 aliphatic carbocycles. The first-order valence-corrected chi connectivity index (χ1v) is 23.4. The van der Waals surface area contributed by atoms with E-state index in [0.29, 0.717) is 12.8 Å². The van der Waals surface area contributed by atoms with Crippen molar-refractivity contribution in [3.05, 3.63) is 41.8 Å². The minimum atomic E-state index is -3.67. The molecule has 0 bridgehead atoms. The molecule has 6 atom stereocenters. The smallest absolute Gasteiger partial charge is 0.408 e. The van der Waals surface area contributed by atoms with Crippen LogP contribution in [0.3, 0.4) is 0 Å². The highest BCUT2D eigenvalue weighted by Gasteiger charge is 2.31. The van der Waals surface area contributed by atoms with Gasteiger partial charge in [0, 0.05) is 11.4 Å². The molecule has 0 fully saturated rings. The zero-order chi connectivity index (χ0) is 49.9. The Kier molecular flexibility index (Phi) is 24.6. The number of alkyl carbamates (subject to hydrolysis) is 2. The van der Waals surface area contributed by atoms with Crippen LogP contribution < -0.4 is 31.9 Å². The highest BCUT2D eigenvalue weighted by atomic mass is 32.2. The number of hydrogen-bond acceptors (Lipinski definition) is 11.